The molecule has 0 aromatic heterocycles. The SMILES string of the molecule is CCOC(=O)C1=C2SC(CC)=CN2CCS1. The molecule has 0 aromatic carbocycles. The second-order valence-corrected chi connectivity index (χ2v) is 5.67. The molecule has 16 heavy (non-hydrogen) atoms. The fourth-order valence-corrected chi connectivity index (χ4v) is 3.82. The summed E-state index contributed by atoms with van der Waals surface area (Å²) in [5.41, 5.74) is 0. The summed E-state index contributed by atoms with van der Waals surface area (Å²) in [4.78, 5) is 16.0. The average molecular weight is 257 g/mol. The maximum Gasteiger partial charge on any atom is 0.347 e. The zero-order chi connectivity index (χ0) is 11.5. The fraction of sp³-hybridized carbons (Fsp3) is 0.545. The van der Waals surface area contributed by atoms with Gasteiger partial charge >= 0.3 is 5.97 Å². The summed E-state index contributed by atoms with van der Waals surface area (Å²) in [5.74, 6) is 0.775. The van der Waals surface area contributed by atoms with Gasteiger partial charge in [-0.2, -0.15) is 0 Å². The lowest BCUT2D eigenvalue weighted by atomic mass is 10.4. The van der Waals surface area contributed by atoms with E-state index in [9.17, 15) is 4.79 Å². The Bertz CT molecular complexity index is 363. The van der Waals surface area contributed by atoms with Crippen molar-refractivity contribution in [2.45, 2.75) is 20.3 Å². The number of carbonyl (C=O) groups is 1. The number of esters is 1. The molecular formula is C11H15NO2S2. The maximum atomic E-state index is 11.8. The highest BCUT2D eigenvalue weighted by molar-refractivity contribution is 8.09. The van der Waals surface area contributed by atoms with Crippen molar-refractivity contribution in [1.29, 1.82) is 0 Å². The Hall–Kier alpha value is -0.550. The number of carbonyl (C=O) groups excluding carboxylic acids is 1. The zero-order valence-electron chi connectivity index (χ0n) is 9.49. The molecule has 0 N–H and O–H groups in total. The van der Waals surface area contributed by atoms with Crippen molar-refractivity contribution in [3.63, 3.8) is 0 Å². The number of allylic oxidation sites excluding steroid dienone is 1. The summed E-state index contributed by atoms with van der Waals surface area (Å²) < 4.78 is 5.08. The first kappa shape index (κ1) is 11.9. The van der Waals surface area contributed by atoms with Crippen molar-refractivity contribution in [2.75, 3.05) is 18.9 Å². The Balaban J connectivity index is 2.21. The molecule has 0 spiro atoms. The van der Waals surface area contributed by atoms with Crippen LogP contribution in [0.1, 0.15) is 20.3 Å². The number of rotatable bonds is 3. The van der Waals surface area contributed by atoms with Crippen molar-refractivity contribution in [2.24, 2.45) is 0 Å². The van der Waals surface area contributed by atoms with Gasteiger partial charge in [0.25, 0.3) is 0 Å². The molecule has 0 saturated carbocycles. The van der Waals surface area contributed by atoms with E-state index in [1.165, 1.54) is 4.91 Å². The minimum atomic E-state index is -0.176. The molecular weight excluding hydrogens is 242 g/mol. The molecule has 2 heterocycles. The molecule has 0 atom stereocenters. The van der Waals surface area contributed by atoms with Crippen LogP contribution in [0, 0.1) is 0 Å². The van der Waals surface area contributed by atoms with Gasteiger partial charge in [-0.05, 0) is 13.3 Å². The van der Waals surface area contributed by atoms with E-state index in [2.05, 4.69) is 18.0 Å². The Morgan fingerprint density at radius 1 is 1.56 bits per heavy atom. The van der Waals surface area contributed by atoms with Gasteiger partial charge < -0.3 is 9.64 Å². The third-order valence-electron chi connectivity index (χ3n) is 2.37. The van der Waals surface area contributed by atoms with Crippen LogP contribution in [0.3, 0.4) is 0 Å². The first-order chi connectivity index (χ1) is 7.76. The molecule has 0 saturated heterocycles. The highest BCUT2D eigenvalue weighted by Gasteiger charge is 2.30. The van der Waals surface area contributed by atoms with Crippen LogP contribution in [0.25, 0.3) is 0 Å². The monoisotopic (exact) mass is 257 g/mol. The molecule has 0 unspecified atom stereocenters. The van der Waals surface area contributed by atoms with Crippen LogP contribution in [-0.2, 0) is 9.53 Å². The van der Waals surface area contributed by atoms with Crippen LogP contribution < -0.4 is 0 Å². The fourth-order valence-electron chi connectivity index (χ4n) is 1.60. The topological polar surface area (TPSA) is 29.5 Å². The van der Waals surface area contributed by atoms with Crippen LogP contribution in [0.5, 0.6) is 0 Å². The largest absolute Gasteiger partial charge is 0.462 e. The predicted molar refractivity (Wildman–Crippen MR) is 68.8 cm³/mol. The lowest BCUT2D eigenvalue weighted by molar-refractivity contribution is -0.137. The lowest BCUT2D eigenvalue weighted by Gasteiger charge is -2.24. The summed E-state index contributed by atoms with van der Waals surface area (Å²) >= 11 is 3.31. The van der Waals surface area contributed by atoms with Crippen molar-refractivity contribution >= 4 is 29.5 Å². The van der Waals surface area contributed by atoms with Gasteiger partial charge in [0.2, 0.25) is 0 Å². The van der Waals surface area contributed by atoms with Gasteiger partial charge in [0.1, 0.15) is 9.93 Å². The van der Waals surface area contributed by atoms with Gasteiger partial charge in [0.15, 0.2) is 0 Å². The second kappa shape index (κ2) is 5.19. The standard InChI is InChI=1S/C11H15NO2S2/c1-3-8-7-12-5-6-15-9(10(12)16-8)11(13)14-4-2/h7H,3-6H2,1-2H3. The maximum absolute atomic E-state index is 11.8. The van der Waals surface area contributed by atoms with Gasteiger partial charge in [-0.25, -0.2) is 4.79 Å². The zero-order valence-corrected chi connectivity index (χ0v) is 11.1. The molecule has 2 aliphatic heterocycles. The molecule has 2 aliphatic rings. The minimum Gasteiger partial charge on any atom is -0.462 e. The summed E-state index contributed by atoms with van der Waals surface area (Å²) in [5, 5.41) is 1.06. The molecule has 0 aliphatic carbocycles. The van der Waals surface area contributed by atoms with Crippen molar-refractivity contribution < 1.29 is 9.53 Å². The number of nitrogens with zero attached hydrogens (tertiary/aromatic N) is 1. The second-order valence-electron chi connectivity index (χ2n) is 3.45. The van der Waals surface area contributed by atoms with Crippen molar-refractivity contribution in [3.8, 4) is 0 Å². The average Bonchev–Trinajstić information content (AvgIpc) is 2.71. The van der Waals surface area contributed by atoms with E-state index in [4.69, 9.17) is 4.74 Å². The van der Waals surface area contributed by atoms with Gasteiger partial charge in [-0.15, -0.1) is 11.8 Å². The van der Waals surface area contributed by atoms with Crippen LogP contribution >= 0.6 is 23.5 Å². The molecule has 0 amide bonds. The van der Waals surface area contributed by atoms with E-state index in [0.29, 0.717) is 6.61 Å². The van der Waals surface area contributed by atoms with Gasteiger partial charge in [0.05, 0.1) is 6.61 Å². The number of ether oxygens (including phenoxy) is 1. The number of hydrogen-bond acceptors (Lipinski definition) is 5. The minimum absolute atomic E-state index is 0.176. The summed E-state index contributed by atoms with van der Waals surface area (Å²) in [6.45, 7) is 5.40. The van der Waals surface area contributed by atoms with E-state index in [1.807, 2.05) is 6.92 Å². The van der Waals surface area contributed by atoms with E-state index in [1.54, 1.807) is 23.5 Å². The van der Waals surface area contributed by atoms with E-state index in [0.717, 1.165) is 28.7 Å². The van der Waals surface area contributed by atoms with E-state index >= 15 is 0 Å². The number of fused-ring (bicyclic) bond motifs is 1. The van der Waals surface area contributed by atoms with Crippen molar-refractivity contribution in [3.05, 3.63) is 21.0 Å². The lowest BCUT2D eigenvalue weighted by Crippen LogP contribution is -2.23. The van der Waals surface area contributed by atoms with Crippen LogP contribution in [0.2, 0.25) is 0 Å². The number of thioether (sulfide) groups is 2. The molecule has 0 aromatic rings. The highest BCUT2D eigenvalue weighted by Crippen LogP contribution is 2.44. The number of hydrogen-bond donors (Lipinski definition) is 0. The Kier molecular flexibility index (Phi) is 3.86. The molecule has 0 radical (unpaired) electrons. The van der Waals surface area contributed by atoms with Crippen LogP contribution in [0.15, 0.2) is 21.0 Å². The molecule has 3 nitrogen and oxygen atoms in total. The molecule has 0 bridgehead atoms. The van der Waals surface area contributed by atoms with Gasteiger partial charge in [-0.3, -0.25) is 0 Å². The normalized spacial score (nSPS) is 19.6. The van der Waals surface area contributed by atoms with Crippen LogP contribution in [0.4, 0.5) is 0 Å². The van der Waals surface area contributed by atoms with Crippen molar-refractivity contribution in [1.82, 2.24) is 4.90 Å². The van der Waals surface area contributed by atoms with Crippen LogP contribution in [-0.4, -0.2) is 29.8 Å². The predicted octanol–water partition coefficient (Wildman–Crippen LogP) is 2.77. The summed E-state index contributed by atoms with van der Waals surface area (Å²) in [7, 11) is 0. The van der Waals surface area contributed by atoms with Gasteiger partial charge in [-0.1, -0.05) is 18.7 Å². The van der Waals surface area contributed by atoms with E-state index in [-0.39, 0.29) is 5.97 Å². The molecule has 2 rings (SSSR count). The quantitative estimate of drug-likeness (QED) is 0.725. The third-order valence-corrected chi connectivity index (χ3v) is 4.82. The first-order valence-corrected chi connectivity index (χ1v) is 7.25. The molecule has 88 valence electrons. The Morgan fingerprint density at radius 3 is 3.06 bits per heavy atom. The highest BCUT2D eigenvalue weighted by atomic mass is 32.2. The first-order valence-electron chi connectivity index (χ1n) is 5.45. The third kappa shape index (κ3) is 2.25. The summed E-state index contributed by atoms with van der Waals surface area (Å²) in [6, 6.07) is 0. The van der Waals surface area contributed by atoms with Gasteiger partial charge in [0, 0.05) is 23.4 Å². The smallest absolute Gasteiger partial charge is 0.347 e. The Labute approximate surface area is 104 Å². The molecule has 5 heteroatoms. The Morgan fingerprint density at radius 2 is 2.38 bits per heavy atom. The van der Waals surface area contributed by atoms with E-state index < -0.39 is 0 Å². The molecule has 0 fully saturated rings. The summed E-state index contributed by atoms with van der Waals surface area (Å²) in [6.07, 6.45) is 3.17.